The summed E-state index contributed by atoms with van der Waals surface area (Å²) < 4.78 is 0. The average molecular weight is 150 g/mol. The molecule has 9 heavy (non-hydrogen) atoms. The summed E-state index contributed by atoms with van der Waals surface area (Å²) in [4.78, 5) is 2.05. The molecule has 0 aromatic carbocycles. The Kier molecular flexibility index (Phi) is 2.33. The van der Waals surface area contributed by atoms with Crippen LogP contribution in [0.2, 0.25) is 0 Å². The van der Waals surface area contributed by atoms with Crippen LogP contribution in [0, 0.1) is 0 Å². The molecule has 0 bridgehead atoms. The zero-order valence-electron chi connectivity index (χ0n) is 5.55. The van der Waals surface area contributed by atoms with Crippen molar-refractivity contribution in [1.82, 2.24) is 4.90 Å². The number of likely N-dealkylation sites (N-methyl/N-ethyl adjacent to an activating group) is 1. The fraction of sp³-hybridized carbons (Fsp3) is 1.00. The summed E-state index contributed by atoms with van der Waals surface area (Å²) in [6.07, 6.45) is 0.526. The van der Waals surface area contributed by atoms with Gasteiger partial charge in [-0.1, -0.05) is 0 Å². The molecule has 1 heterocycles. The Hall–Kier alpha value is 0.210. The van der Waals surface area contributed by atoms with Crippen LogP contribution in [0.4, 0.5) is 0 Å². The highest BCUT2D eigenvalue weighted by atomic mass is 35.5. The summed E-state index contributed by atoms with van der Waals surface area (Å²) >= 11 is 5.80. The van der Waals surface area contributed by atoms with Crippen molar-refractivity contribution in [1.29, 1.82) is 0 Å². The molecule has 0 amide bonds. The molecule has 0 aromatic rings. The largest absolute Gasteiger partial charge is 0.392 e. The number of nitrogens with zero attached hydrogens (tertiary/aromatic N) is 1. The van der Waals surface area contributed by atoms with E-state index in [0.717, 1.165) is 19.5 Å². The van der Waals surface area contributed by atoms with Crippen molar-refractivity contribution in [3.8, 4) is 0 Å². The molecule has 1 N–H and O–H groups in total. The SMILES string of the molecule is CN1CC(O)CC(Cl)C1. The van der Waals surface area contributed by atoms with E-state index in [1.807, 2.05) is 11.9 Å². The molecule has 0 aliphatic carbocycles. The van der Waals surface area contributed by atoms with Gasteiger partial charge in [0.15, 0.2) is 0 Å². The monoisotopic (exact) mass is 149 g/mol. The number of rotatable bonds is 0. The molecule has 2 atom stereocenters. The third kappa shape index (κ3) is 2.12. The van der Waals surface area contributed by atoms with Crippen LogP contribution in [0.25, 0.3) is 0 Å². The quantitative estimate of drug-likeness (QED) is 0.501. The van der Waals surface area contributed by atoms with E-state index in [0.29, 0.717) is 0 Å². The zero-order chi connectivity index (χ0) is 6.85. The van der Waals surface area contributed by atoms with Crippen LogP contribution in [-0.4, -0.2) is 41.6 Å². The first-order chi connectivity index (χ1) is 4.18. The van der Waals surface area contributed by atoms with E-state index in [9.17, 15) is 0 Å². The van der Waals surface area contributed by atoms with Crippen LogP contribution in [0.3, 0.4) is 0 Å². The lowest BCUT2D eigenvalue weighted by molar-refractivity contribution is 0.0868. The molecule has 0 spiro atoms. The lowest BCUT2D eigenvalue weighted by Crippen LogP contribution is -2.41. The lowest BCUT2D eigenvalue weighted by Gasteiger charge is -2.29. The zero-order valence-corrected chi connectivity index (χ0v) is 6.30. The van der Waals surface area contributed by atoms with E-state index >= 15 is 0 Å². The minimum atomic E-state index is -0.216. The molecule has 0 radical (unpaired) electrons. The molecule has 1 fully saturated rings. The second-order valence-electron chi connectivity index (χ2n) is 2.71. The number of aliphatic hydroxyl groups is 1. The summed E-state index contributed by atoms with van der Waals surface area (Å²) in [5.74, 6) is 0. The molecular weight excluding hydrogens is 138 g/mol. The normalized spacial score (nSPS) is 39.0. The predicted molar refractivity (Wildman–Crippen MR) is 37.8 cm³/mol. The number of piperidine rings is 1. The highest BCUT2D eigenvalue weighted by Gasteiger charge is 2.21. The van der Waals surface area contributed by atoms with Gasteiger partial charge in [-0.05, 0) is 13.5 Å². The van der Waals surface area contributed by atoms with Crippen LogP contribution in [0.1, 0.15) is 6.42 Å². The van der Waals surface area contributed by atoms with Gasteiger partial charge in [-0.3, -0.25) is 0 Å². The maximum absolute atomic E-state index is 9.12. The first-order valence-electron chi connectivity index (χ1n) is 3.19. The van der Waals surface area contributed by atoms with Crippen LogP contribution < -0.4 is 0 Å². The topological polar surface area (TPSA) is 23.5 Å². The number of hydrogen-bond donors (Lipinski definition) is 1. The molecule has 2 nitrogen and oxygen atoms in total. The van der Waals surface area contributed by atoms with Gasteiger partial charge in [0.05, 0.1) is 6.10 Å². The Bertz CT molecular complexity index is 74.0. The van der Waals surface area contributed by atoms with Gasteiger partial charge in [-0.2, -0.15) is 0 Å². The number of β-amino-alcohol motifs (C(OH)–C–C–N with tert-alkyl or cyclic N) is 1. The van der Waals surface area contributed by atoms with Crippen molar-refractivity contribution in [2.24, 2.45) is 0 Å². The summed E-state index contributed by atoms with van der Waals surface area (Å²) in [6, 6.07) is 0. The average Bonchev–Trinajstić information content (AvgIpc) is 1.59. The van der Waals surface area contributed by atoms with Crippen LogP contribution in [0.15, 0.2) is 0 Å². The van der Waals surface area contributed by atoms with Crippen molar-refractivity contribution in [3.63, 3.8) is 0 Å². The van der Waals surface area contributed by atoms with E-state index in [4.69, 9.17) is 16.7 Å². The molecular formula is C6H12ClNO. The lowest BCUT2D eigenvalue weighted by atomic mass is 10.1. The fourth-order valence-corrected chi connectivity index (χ4v) is 1.66. The van der Waals surface area contributed by atoms with Crippen molar-refractivity contribution >= 4 is 11.6 Å². The summed E-state index contributed by atoms with van der Waals surface area (Å²) in [5, 5.41) is 9.26. The van der Waals surface area contributed by atoms with Crippen molar-refractivity contribution in [3.05, 3.63) is 0 Å². The van der Waals surface area contributed by atoms with Crippen LogP contribution >= 0.6 is 11.6 Å². The molecule has 1 rings (SSSR count). The third-order valence-corrected chi connectivity index (χ3v) is 1.88. The van der Waals surface area contributed by atoms with Gasteiger partial charge in [-0.25, -0.2) is 0 Å². The van der Waals surface area contributed by atoms with E-state index in [1.54, 1.807) is 0 Å². The van der Waals surface area contributed by atoms with E-state index < -0.39 is 0 Å². The summed E-state index contributed by atoms with van der Waals surface area (Å²) in [7, 11) is 1.97. The number of halogens is 1. The highest BCUT2D eigenvalue weighted by Crippen LogP contribution is 2.13. The molecule has 0 aromatic heterocycles. The molecule has 3 heteroatoms. The maximum Gasteiger partial charge on any atom is 0.0681 e. The van der Waals surface area contributed by atoms with Gasteiger partial charge in [-0.15, -0.1) is 11.6 Å². The minimum absolute atomic E-state index is 0.138. The van der Waals surface area contributed by atoms with Gasteiger partial charge < -0.3 is 10.0 Å². The second kappa shape index (κ2) is 2.86. The predicted octanol–water partition coefficient (Wildman–Crippen LogP) is 0.290. The molecule has 54 valence electrons. The van der Waals surface area contributed by atoms with Gasteiger partial charge in [0.25, 0.3) is 0 Å². The molecule has 2 unspecified atom stereocenters. The Morgan fingerprint density at radius 2 is 2.22 bits per heavy atom. The molecule has 0 saturated carbocycles. The Morgan fingerprint density at radius 1 is 1.56 bits per heavy atom. The molecule has 1 aliphatic rings. The molecule has 1 aliphatic heterocycles. The standard InChI is InChI=1S/C6H12ClNO/c1-8-3-5(7)2-6(9)4-8/h5-6,9H,2-4H2,1H3. The van der Waals surface area contributed by atoms with Crippen molar-refractivity contribution in [2.45, 2.75) is 17.9 Å². The van der Waals surface area contributed by atoms with Crippen molar-refractivity contribution in [2.75, 3.05) is 20.1 Å². The second-order valence-corrected chi connectivity index (χ2v) is 3.33. The van der Waals surface area contributed by atoms with Gasteiger partial charge in [0, 0.05) is 18.5 Å². The highest BCUT2D eigenvalue weighted by molar-refractivity contribution is 6.20. The van der Waals surface area contributed by atoms with Gasteiger partial charge >= 0.3 is 0 Å². The number of aliphatic hydroxyl groups excluding tert-OH is 1. The van der Waals surface area contributed by atoms with Gasteiger partial charge in [0.2, 0.25) is 0 Å². The summed E-state index contributed by atoms with van der Waals surface area (Å²) in [5.41, 5.74) is 0. The first-order valence-corrected chi connectivity index (χ1v) is 3.63. The fourth-order valence-electron chi connectivity index (χ4n) is 1.22. The molecule has 1 saturated heterocycles. The van der Waals surface area contributed by atoms with E-state index in [-0.39, 0.29) is 11.5 Å². The Morgan fingerprint density at radius 3 is 2.67 bits per heavy atom. The Labute approximate surface area is 60.4 Å². The maximum atomic E-state index is 9.12. The third-order valence-electron chi connectivity index (χ3n) is 1.56. The number of likely N-dealkylation sites (tertiary alicyclic amines) is 1. The van der Waals surface area contributed by atoms with Crippen molar-refractivity contribution < 1.29 is 5.11 Å². The Balaban J connectivity index is 2.34. The van der Waals surface area contributed by atoms with Crippen LogP contribution in [-0.2, 0) is 0 Å². The smallest absolute Gasteiger partial charge is 0.0681 e. The number of alkyl halides is 1. The number of hydrogen-bond acceptors (Lipinski definition) is 2. The summed E-state index contributed by atoms with van der Waals surface area (Å²) in [6.45, 7) is 1.67. The minimum Gasteiger partial charge on any atom is -0.392 e. The van der Waals surface area contributed by atoms with Gasteiger partial charge in [0.1, 0.15) is 0 Å². The van der Waals surface area contributed by atoms with E-state index in [2.05, 4.69) is 0 Å². The van der Waals surface area contributed by atoms with E-state index in [1.165, 1.54) is 0 Å². The van der Waals surface area contributed by atoms with Crippen LogP contribution in [0.5, 0.6) is 0 Å². The first kappa shape index (κ1) is 7.32.